The molecule has 1 aromatic rings. The van der Waals surface area contributed by atoms with Crippen molar-refractivity contribution in [3.8, 4) is 0 Å². The van der Waals surface area contributed by atoms with E-state index in [2.05, 4.69) is 5.32 Å². The minimum Gasteiger partial charge on any atom is -0.463 e. The van der Waals surface area contributed by atoms with Gasteiger partial charge >= 0.3 is 5.97 Å². The van der Waals surface area contributed by atoms with Crippen LogP contribution < -0.4 is 5.32 Å². The molecule has 1 amide bonds. The van der Waals surface area contributed by atoms with Gasteiger partial charge in [0.05, 0.1) is 17.9 Å². The number of carbonyl (C=O) groups is 2. The fraction of sp³-hybridized carbons (Fsp3) is 0.600. The van der Waals surface area contributed by atoms with Crippen molar-refractivity contribution >= 4 is 27.6 Å². The molecule has 1 aliphatic rings. The molecule has 1 N–H and O–H groups in total. The molecule has 0 bridgehead atoms. The second kappa shape index (κ2) is 11.3. The van der Waals surface area contributed by atoms with E-state index in [9.17, 15) is 18.0 Å². The number of benzene rings is 1. The lowest BCUT2D eigenvalue weighted by molar-refractivity contribution is -0.145. The summed E-state index contributed by atoms with van der Waals surface area (Å²) in [5, 5.41) is 2.66. The molecule has 162 valence electrons. The lowest BCUT2D eigenvalue weighted by Gasteiger charge is -2.30. The maximum absolute atomic E-state index is 12.8. The van der Waals surface area contributed by atoms with E-state index in [1.54, 1.807) is 19.2 Å². The standard InChI is InChI=1S/C20H30N2O6S/c1-22(17-6-4-3-5-7-17)29(25,26)18-10-8-16(9-11-18)21-19(23)12-13-20(24)28-15-14-27-2/h8-11,17H,3-7,12-15H2,1-2H3,(H,21,23). The zero-order valence-electron chi connectivity index (χ0n) is 17.1. The quantitative estimate of drug-likeness (QED) is 0.456. The highest BCUT2D eigenvalue weighted by Crippen LogP contribution is 2.27. The highest BCUT2D eigenvalue weighted by molar-refractivity contribution is 7.89. The van der Waals surface area contributed by atoms with Crippen LogP contribution in [0.3, 0.4) is 0 Å². The van der Waals surface area contributed by atoms with E-state index in [0.717, 1.165) is 32.1 Å². The molecule has 0 heterocycles. The van der Waals surface area contributed by atoms with Crippen LogP contribution in [-0.2, 0) is 29.1 Å². The molecule has 0 spiro atoms. The fourth-order valence-electron chi connectivity index (χ4n) is 3.27. The van der Waals surface area contributed by atoms with E-state index in [1.807, 2.05) is 0 Å². The SMILES string of the molecule is COCCOC(=O)CCC(=O)Nc1ccc(S(=O)(=O)N(C)C2CCCCC2)cc1. The fourth-order valence-corrected chi connectivity index (χ4v) is 4.68. The van der Waals surface area contributed by atoms with Gasteiger partial charge in [0.2, 0.25) is 15.9 Å². The summed E-state index contributed by atoms with van der Waals surface area (Å²) in [6, 6.07) is 6.12. The van der Waals surface area contributed by atoms with Gasteiger partial charge in [0, 0.05) is 32.3 Å². The van der Waals surface area contributed by atoms with E-state index >= 15 is 0 Å². The Balaban J connectivity index is 1.87. The summed E-state index contributed by atoms with van der Waals surface area (Å²) in [4.78, 5) is 23.7. The number of hydrogen-bond donors (Lipinski definition) is 1. The van der Waals surface area contributed by atoms with Crippen molar-refractivity contribution in [2.45, 2.75) is 55.9 Å². The maximum atomic E-state index is 12.8. The van der Waals surface area contributed by atoms with Gasteiger partial charge in [-0.3, -0.25) is 9.59 Å². The van der Waals surface area contributed by atoms with Crippen molar-refractivity contribution in [2.75, 3.05) is 32.7 Å². The number of nitrogens with one attached hydrogen (secondary N) is 1. The molecule has 2 rings (SSSR count). The Morgan fingerprint density at radius 2 is 1.72 bits per heavy atom. The molecule has 0 unspecified atom stereocenters. The molecule has 0 saturated heterocycles. The van der Waals surface area contributed by atoms with Crippen LogP contribution in [0.5, 0.6) is 0 Å². The van der Waals surface area contributed by atoms with Crippen LogP contribution in [0.2, 0.25) is 0 Å². The first kappa shape index (κ1) is 23.3. The predicted molar refractivity (Wildman–Crippen MR) is 109 cm³/mol. The number of methoxy groups -OCH3 is 1. The smallest absolute Gasteiger partial charge is 0.306 e. The van der Waals surface area contributed by atoms with Crippen LogP contribution in [0, 0.1) is 0 Å². The third-order valence-corrected chi connectivity index (χ3v) is 6.93. The average Bonchev–Trinajstić information content (AvgIpc) is 2.73. The van der Waals surface area contributed by atoms with Crippen LogP contribution in [0.25, 0.3) is 0 Å². The first-order valence-corrected chi connectivity index (χ1v) is 11.3. The van der Waals surface area contributed by atoms with Crippen LogP contribution in [0.15, 0.2) is 29.2 Å². The van der Waals surface area contributed by atoms with Gasteiger partial charge in [-0.25, -0.2) is 8.42 Å². The largest absolute Gasteiger partial charge is 0.463 e. The summed E-state index contributed by atoms with van der Waals surface area (Å²) in [6.45, 7) is 0.464. The topological polar surface area (TPSA) is 102 Å². The van der Waals surface area contributed by atoms with Gasteiger partial charge in [-0.15, -0.1) is 0 Å². The zero-order valence-corrected chi connectivity index (χ0v) is 17.9. The van der Waals surface area contributed by atoms with Gasteiger partial charge < -0.3 is 14.8 Å². The van der Waals surface area contributed by atoms with Crippen molar-refractivity contribution < 1.29 is 27.5 Å². The Hall–Kier alpha value is -1.97. The number of anilines is 1. The Kier molecular flexibility index (Phi) is 9.06. The third kappa shape index (κ3) is 7.09. The highest BCUT2D eigenvalue weighted by Gasteiger charge is 2.28. The molecule has 8 nitrogen and oxygen atoms in total. The molecule has 1 fully saturated rings. The molecule has 1 saturated carbocycles. The summed E-state index contributed by atoms with van der Waals surface area (Å²) < 4.78 is 36.8. The monoisotopic (exact) mass is 426 g/mol. The third-order valence-electron chi connectivity index (χ3n) is 5.01. The van der Waals surface area contributed by atoms with Gasteiger partial charge in [0.25, 0.3) is 0 Å². The van der Waals surface area contributed by atoms with Crippen molar-refractivity contribution in [1.29, 1.82) is 0 Å². The summed E-state index contributed by atoms with van der Waals surface area (Å²) in [5.41, 5.74) is 0.474. The lowest BCUT2D eigenvalue weighted by Crippen LogP contribution is -2.38. The van der Waals surface area contributed by atoms with Crippen LogP contribution in [0.1, 0.15) is 44.9 Å². The summed E-state index contributed by atoms with van der Waals surface area (Å²) >= 11 is 0. The Morgan fingerprint density at radius 1 is 1.07 bits per heavy atom. The Bertz CT molecular complexity index is 773. The second-order valence-corrected chi connectivity index (χ2v) is 9.10. The predicted octanol–water partition coefficient (Wildman–Crippen LogP) is 2.55. The van der Waals surface area contributed by atoms with Gasteiger partial charge in [-0.2, -0.15) is 4.31 Å². The molecule has 29 heavy (non-hydrogen) atoms. The van der Waals surface area contributed by atoms with Gasteiger partial charge in [-0.1, -0.05) is 19.3 Å². The lowest BCUT2D eigenvalue weighted by atomic mass is 9.96. The van der Waals surface area contributed by atoms with Gasteiger partial charge in [-0.05, 0) is 37.1 Å². The summed E-state index contributed by atoms with van der Waals surface area (Å²) in [6.07, 6.45) is 4.98. The zero-order chi connectivity index (χ0) is 21.3. The molecule has 0 atom stereocenters. The number of rotatable bonds is 10. The molecule has 9 heteroatoms. The van der Waals surface area contributed by atoms with E-state index in [0.29, 0.717) is 12.3 Å². The minimum absolute atomic E-state index is 0.0176. The molecular weight excluding hydrogens is 396 g/mol. The van der Waals surface area contributed by atoms with Crippen LogP contribution in [-0.4, -0.2) is 58.0 Å². The van der Waals surface area contributed by atoms with Crippen LogP contribution >= 0.6 is 0 Å². The average molecular weight is 427 g/mol. The van der Waals surface area contributed by atoms with E-state index in [1.165, 1.54) is 23.5 Å². The summed E-state index contributed by atoms with van der Waals surface area (Å²) in [7, 11) is -0.430. The number of sulfonamides is 1. The molecule has 0 aromatic heterocycles. The van der Waals surface area contributed by atoms with E-state index < -0.39 is 16.0 Å². The number of esters is 1. The van der Waals surface area contributed by atoms with Crippen molar-refractivity contribution in [1.82, 2.24) is 4.31 Å². The van der Waals surface area contributed by atoms with Crippen molar-refractivity contribution in [2.24, 2.45) is 0 Å². The summed E-state index contributed by atoms with van der Waals surface area (Å²) in [5.74, 6) is -0.812. The number of carbonyl (C=O) groups excluding carboxylic acids is 2. The maximum Gasteiger partial charge on any atom is 0.306 e. The Morgan fingerprint density at radius 3 is 2.34 bits per heavy atom. The van der Waals surface area contributed by atoms with Gasteiger partial charge in [0.15, 0.2) is 0 Å². The van der Waals surface area contributed by atoms with E-state index in [4.69, 9.17) is 9.47 Å². The molecule has 1 aliphatic carbocycles. The van der Waals surface area contributed by atoms with Crippen molar-refractivity contribution in [3.63, 3.8) is 0 Å². The molecular formula is C20H30N2O6S. The minimum atomic E-state index is -3.57. The second-order valence-electron chi connectivity index (χ2n) is 7.10. The van der Waals surface area contributed by atoms with E-state index in [-0.39, 0.29) is 36.3 Å². The normalized spacial score (nSPS) is 15.3. The number of hydrogen-bond acceptors (Lipinski definition) is 6. The van der Waals surface area contributed by atoms with Crippen LogP contribution in [0.4, 0.5) is 5.69 Å². The number of amides is 1. The molecule has 1 aromatic carbocycles. The van der Waals surface area contributed by atoms with Crippen molar-refractivity contribution in [3.05, 3.63) is 24.3 Å². The number of nitrogens with zero attached hydrogens (tertiary/aromatic N) is 1. The highest BCUT2D eigenvalue weighted by atomic mass is 32.2. The first-order chi connectivity index (χ1) is 13.8. The number of ether oxygens (including phenoxy) is 2. The first-order valence-electron chi connectivity index (χ1n) is 9.87. The molecule has 0 radical (unpaired) electrons. The Labute approximate surface area is 172 Å². The molecule has 0 aliphatic heterocycles. The van der Waals surface area contributed by atoms with Gasteiger partial charge in [0.1, 0.15) is 6.61 Å².